The van der Waals surface area contributed by atoms with Crippen LogP contribution in [0.3, 0.4) is 0 Å². The molecule has 5 nitrogen and oxygen atoms in total. The van der Waals surface area contributed by atoms with Gasteiger partial charge in [-0.3, -0.25) is 0 Å². The van der Waals surface area contributed by atoms with E-state index in [0.29, 0.717) is 0 Å². The molecule has 0 saturated carbocycles. The number of hydrogen-bond donors (Lipinski definition) is 0. The Morgan fingerprint density at radius 2 is 1.68 bits per heavy atom. The first-order chi connectivity index (χ1) is 11.2. The predicted molar refractivity (Wildman–Crippen MR) is 92.7 cm³/mol. The molecule has 0 bridgehead atoms. The topological polar surface area (TPSA) is 75.7 Å². The van der Waals surface area contributed by atoms with Crippen molar-refractivity contribution in [3.05, 3.63) is 31.9 Å². The van der Waals surface area contributed by atoms with E-state index in [1.54, 1.807) is 45.2 Å². The fraction of sp³-hybridized carbons (Fsp3) is 0.333. The lowest BCUT2D eigenvalue weighted by Gasteiger charge is -2.30. The fourth-order valence-electron chi connectivity index (χ4n) is 1.48. The van der Waals surface area contributed by atoms with E-state index in [-0.39, 0.29) is 19.5 Å². The second kappa shape index (κ2) is 8.08. The largest absolute Gasteiger partial charge is 0.743 e. The zero-order chi connectivity index (χ0) is 19.6. The van der Waals surface area contributed by atoms with Gasteiger partial charge in [-0.2, -0.15) is 22.0 Å². The molecule has 0 N–H and O–H groups in total. The minimum Gasteiger partial charge on any atom is -0.743 e. The lowest BCUT2D eigenvalue weighted by molar-refractivity contribution is -0.239. The quantitative estimate of drug-likeness (QED) is 0.202. The molecule has 0 aromatic heterocycles. The lowest BCUT2D eigenvalue weighted by atomic mass is 10.3. The predicted octanol–water partition coefficient (Wildman–Crippen LogP) is 3.91. The Morgan fingerprint density at radius 1 is 1.20 bits per heavy atom. The van der Waals surface area contributed by atoms with Crippen molar-refractivity contribution >= 4 is 55.3 Å². The van der Waals surface area contributed by atoms with Crippen LogP contribution in [0.4, 0.5) is 22.0 Å². The molecule has 1 aromatic rings. The van der Waals surface area contributed by atoms with Gasteiger partial charge in [0.05, 0.1) is 7.14 Å². The average molecular weight is 613 g/mol. The van der Waals surface area contributed by atoms with Crippen LogP contribution in [0.5, 0.6) is 11.5 Å². The molecule has 1 atom stereocenters. The number of ether oxygens (including phenoxy) is 2. The van der Waals surface area contributed by atoms with Gasteiger partial charge in [-0.25, -0.2) is 8.42 Å². The van der Waals surface area contributed by atoms with E-state index in [4.69, 9.17) is 4.74 Å². The summed E-state index contributed by atoms with van der Waals surface area (Å²) in [5.74, 6) is -0.453. The third kappa shape index (κ3) is 5.53. The van der Waals surface area contributed by atoms with Gasteiger partial charge in [0.2, 0.25) is 0 Å². The molecule has 0 aliphatic carbocycles. The first-order valence-corrected chi connectivity index (χ1v) is 9.57. The number of hydrogen-bond acceptors (Lipinski definition) is 5. The maximum Gasteiger partial charge on any atom is 0.432 e. The van der Waals surface area contributed by atoms with Crippen molar-refractivity contribution < 1.29 is 44.4 Å². The smallest absolute Gasteiger partial charge is 0.432 e. The first kappa shape index (κ1) is 22.6. The highest BCUT2D eigenvalue weighted by molar-refractivity contribution is 14.1. The highest BCUT2D eigenvalue weighted by Gasteiger charge is 2.62. The Bertz CT molecular complexity index is 728. The standard InChI is InChI=1S/C12H9F5I2O5S/c1-2-3-23-9-7(18)4-6(5-8(9)19)24-10(11(13,14)15)12(16,17)25(20,21)22/h2,4-5,10H,1,3H2,(H,20,21,22)/p-1. The van der Waals surface area contributed by atoms with Gasteiger partial charge in [0.15, 0.2) is 10.1 Å². The molecular formula is C12H8F5I2O5S-. The molecule has 0 amide bonds. The summed E-state index contributed by atoms with van der Waals surface area (Å²) in [6.07, 6.45) is -8.56. The molecule has 13 heteroatoms. The molecule has 0 aliphatic heterocycles. The van der Waals surface area contributed by atoms with Crippen molar-refractivity contribution in [1.29, 1.82) is 0 Å². The maximum atomic E-state index is 13.4. The molecule has 0 radical (unpaired) electrons. The minimum atomic E-state index is -6.61. The molecular weight excluding hydrogens is 605 g/mol. The van der Waals surface area contributed by atoms with Crippen molar-refractivity contribution in [2.75, 3.05) is 6.61 Å². The van der Waals surface area contributed by atoms with Crippen LogP contribution >= 0.6 is 45.2 Å². The molecule has 0 fully saturated rings. The zero-order valence-corrected chi connectivity index (χ0v) is 17.0. The number of benzene rings is 1. The molecule has 142 valence electrons. The minimum absolute atomic E-state index is 0.0872. The first-order valence-electron chi connectivity index (χ1n) is 6.01. The van der Waals surface area contributed by atoms with Gasteiger partial charge in [0, 0.05) is 0 Å². The monoisotopic (exact) mass is 613 g/mol. The summed E-state index contributed by atoms with van der Waals surface area (Å²) in [6, 6.07) is 1.88. The van der Waals surface area contributed by atoms with E-state index in [2.05, 4.69) is 11.3 Å². The third-order valence-electron chi connectivity index (χ3n) is 2.51. The van der Waals surface area contributed by atoms with Crippen LogP contribution in [0, 0.1) is 7.14 Å². The maximum absolute atomic E-state index is 13.4. The number of rotatable bonds is 7. The molecule has 25 heavy (non-hydrogen) atoms. The Hall–Kier alpha value is -0.420. The van der Waals surface area contributed by atoms with E-state index in [1.165, 1.54) is 6.08 Å². The van der Waals surface area contributed by atoms with Crippen LogP contribution in [0.1, 0.15) is 0 Å². The average Bonchev–Trinajstić information content (AvgIpc) is 2.41. The second-order valence-corrected chi connectivity index (χ2v) is 8.15. The normalized spacial score (nSPS) is 14.1. The molecule has 0 aliphatic rings. The van der Waals surface area contributed by atoms with Crippen LogP contribution in [-0.2, 0) is 10.1 Å². The van der Waals surface area contributed by atoms with Crippen molar-refractivity contribution in [3.63, 3.8) is 0 Å². The van der Waals surface area contributed by atoms with Crippen LogP contribution in [0.2, 0.25) is 0 Å². The summed E-state index contributed by atoms with van der Waals surface area (Å²) in [6.45, 7) is 3.51. The molecule has 0 heterocycles. The number of halogens is 7. The molecule has 1 rings (SSSR count). The van der Waals surface area contributed by atoms with Crippen LogP contribution in [0.25, 0.3) is 0 Å². The van der Waals surface area contributed by atoms with Gasteiger partial charge in [0.1, 0.15) is 18.1 Å². The van der Waals surface area contributed by atoms with Gasteiger partial charge >= 0.3 is 11.4 Å². The third-order valence-corrected chi connectivity index (χ3v) is 4.99. The Labute approximate surface area is 166 Å². The summed E-state index contributed by atoms with van der Waals surface area (Å²) >= 11 is 3.33. The summed E-state index contributed by atoms with van der Waals surface area (Å²) in [5, 5.41) is -5.71. The molecule has 1 aromatic carbocycles. The van der Waals surface area contributed by atoms with Gasteiger partial charge in [0.25, 0.3) is 6.10 Å². The van der Waals surface area contributed by atoms with Crippen LogP contribution < -0.4 is 9.47 Å². The van der Waals surface area contributed by atoms with E-state index < -0.39 is 33.4 Å². The molecule has 0 saturated heterocycles. The Kier molecular flexibility index (Phi) is 7.31. The lowest BCUT2D eigenvalue weighted by Crippen LogP contribution is -2.53. The van der Waals surface area contributed by atoms with Crippen molar-refractivity contribution in [3.8, 4) is 11.5 Å². The SMILES string of the molecule is C=CCOc1c(I)cc(OC(C(F)(F)F)C(F)(F)S(=O)(=O)[O-])cc1I. The summed E-state index contributed by atoms with van der Waals surface area (Å²) in [7, 11) is -6.61. The number of alkyl halides is 5. The van der Waals surface area contributed by atoms with E-state index >= 15 is 0 Å². The molecule has 0 spiro atoms. The summed E-state index contributed by atoms with van der Waals surface area (Å²) < 4.78 is 107. The highest BCUT2D eigenvalue weighted by atomic mass is 127. The highest BCUT2D eigenvalue weighted by Crippen LogP contribution is 2.40. The Balaban J connectivity index is 3.30. The summed E-state index contributed by atoms with van der Waals surface area (Å²) in [4.78, 5) is 0. The van der Waals surface area contributed by atoms with Crippen LogP contribution in [-0.4, -0.2) is 37.1 Å². The van der Waals surface area contributed by atoms with Gasteiger partial charge in [-0.15, -0.1) is 0 Å². The van der Waals surface area contributed by atoms with Gasteiger partial charge in [-0.1, -0.05) is 12.7 Å². The molecule has 1 unspecified atom stereocenters. The Morgan fingerprint density at radius 3 is 2.04 bits per heavy atom. The van der Waals surface area contributed by atoms with E-state index in [1.807, 2.05) is 0 Å². The second-order valence-electron chi connectivity index (χ2n) is 4.37. The van der Waals surface area contributed by atoms with Gasteiger partial charge in [-0.05, 0) is 57.3 Å². The van der Waals surface area contributed by atoms with Crippen LogP contribution in [0.15, 0.2) is 24.8 Å². The summed E-state index contributed by atoms with van der Waals surface area (Å²) in [5.41, 5.74) is 0. The van der Waals surface area contributed by atoms with Crippen molar-refractivity contribution in [2.24, 2.45) is 0 Å². The van der Waals surface area contributed by atoms with E-state index in [9.17, 15) is 34.9 Å². The van der Waals surface area contributed by atoms with E-state index in [0.717, 1.165) is 12.1 Å². The van der Waals surface area contributed by atoms with Gasteiger partial charge < -0.3 is 14.0 Å². The fourth-order valence-corrected chi connectivity index (χ4v) is 3.94. The zero-order valence-electron chi connectivity index (χ0n) is 11.8. The van der Waals surface area contributed by atoms with Crippen molar-refractivity contribution in [1.82, 2.24) is 0 Å². The van der Waals surface area contributed by atoms with Crippen molar-refractivity contribution in [2.45, 2.75) is 17.5 Å².